The summed E-state index contributed by atoms with van der Waals surface area (Å²) in [6.07, 6.45) is 3.73. The molecule has 3 heterocycles. The number of imidazole rings is 1. The molecule has 1 aromatic rings. The monoisotopic (exact) mass is 209 g/mol. The van der Waals surface area contributed by atoms with Gasteiger partial charge < -0.3 is 10.3 Å². The molecule has 1 aromatic heterocycles. The minimum atomic E-state index is 0.639. The van der Waals surface area contributed by atoms with Crippen molar-refractivity contribution < 1.29 is 0 Å². The quantitative estimate of drug-likeness (QED) is 0.738. The fourth-order valence-corrected chi connectivity index (χ4v) is 3.41. The van der Waals surface area contributed by atoms with Crippen molar-refractivity contribution in [1.29, 1.82) is 0 Å². The summed E-state index contributed by atoms with van der Waals surface area (Å²) in [6.45, 7) is 2.05. The molecule has 2 N–H and O–H groups in total. The first kappa shape index (κ1) is 8.80. The van der Waals surface area contributed by atoms with E-state index in [1.807, 2.05) is 11.8 Å². The van der Waals surface area contributed by atoms with Crippen LogP contribution in [0.25, 0.3) is 0 Å². The Balaban J connectivity index is 1.87. The topological polar surface area (TPSA) is 40.7 Å². The van der Waals surface area contributed by atoms with Crippen LogP contribution in [0.4, 0.5) is 0 Å². The van der Waals surface area contributed by atoms with Gasteiger partial charge in [-0.05, 0) is 18.6 Å². The summed E-state index contributed by atoms with van der Waals surface area (Å²) in [5, 5.41) is 4.01. The van der Waals surface area contributed by atoms with Gasteiger partial charge >= 0.3 is 0 Å². The highest BCUT2D eigenvalue weighted by molar-refractivity contribution is 7.99. The predicted molar refractivity (Wildman–Crippen MR) is 58.4 cm³/mol. The molecule has 4 heteroatoms. The minimum absolute atomic E-state index is 0.639. The van der Waals surface area contributed by atoms with Crippen LogP contribution in [0.15, 0.2) is 0 Å². The van der Waals surface area contributed by atoms with Crippen molar-refractivity contribution in [2.45, 2.75) is 31.1 Å². The standard InChI is InChI=1S/C10H15N3S/c1-2-9(14-5-1)10-12-7-3-4-11-6-8(7)13-10/h9,11H,1-6H2,(H,12,13). The van der Waals surface area contributed by atoms with Crippen LogP contribution in [0.3, 0.4) is 0 Å². The lowest BCUT2D eigenvalue weighted by Gasteiger charge is -2.09. The zero-order valence-corrected chi connectivity index (χ0v) is 8.99. The molecule has 1 atom stereocenters. The highest BCUT2D eigenvalue weighted by Crippen LogP contribution is 2.38. The number of fused-ring (bicyclic) bond motifs is 1. The van der Waals surface area contributed by atoms with Crippen LogP contribution >= 0.6 is 11.8 Å². The van der Waals surface area contributed by atoms with Crippen molar-refractivity contribution >= 4 is 11.8 Å². The van der Waals surface area contributed by atoms with Crippen LogP contribution in [0.5, 0.6) is 0 Å². The molecule has 3 nitrogen and oxygen atoms in total. The molecule has 0 aliphatic carbocycles. The molecule has 0 saturated carbocycles. The van der Waals surface area contributed by atoms with Gasteiger partial charge in [0.1, 0.15) is 5.82 Å². The zero-order chi connectivity index (χ0) is 9.38. The van der Waals surface area contributed by atoms with Crippen LogP contribution in [-0.2, 0) is 13.0 Å². The fraction of sp³-hybridized carbons (Fsp3) is 0.700. The number of rotatable bonds is 1. The SMILES string of the molecule is C1CSC(c2nc3c([nH]2)CNCC3)C1. The first-order chi connectivity index (χ1) is 6.93. The molecule has 1 saturated heterocycles. The Morgan fingerprint density at radius 3 is 3.21 bits per heavy atom. The maximum Gasteiger partial charge on any atom is 0.119 e. The normalized spacial score (nSPS) is 26.4. The molecule has 0 spiro atoms. The van der Waals surface area contributed by atoms with Crippen molar-refractivity contribution in [1.82, 2.24) is 15.3 Å². The molecule has 76 valence electrons. The number of nitrogens with one attached hydrogen (secondary N) is 2. The molecule has 2 aliphatic rings. The number of nitrogens with zero attached hydrogens (tertiary/aromatic N) is 1. The second kappa shape index (κ2) is 3.59. The Morgan fingerprint density at radius 2 is 2.43 bits per heavy atom. The van der Waals surface area contributed by atoms with Gasteiger partial charge in [-0.1, -0.05) is 0 Å². The van der Waals surface area contributed by atoms with Gasteiger partial charge in [0.15, 0.2) is 0 Å². The van der Waals surface area contributed by atoms with E-state index in [1.165, 1.54) is 35.8 Å². The van der Waals surface area contributed by atoms with E-state index < -0.39 is 0 Å². The molecular weight excluding hydrogens is 194 g/mol. The molecule has 14 heavy (non-hydrogen) atoms. The number of aromatic nitrogens is 2. The number of hydrogen-bond acceptors (Lipinski definition) is 3. The van der Waals surface area contributed by atoms with E-state index in [1.54, 1.807) is 0 Å². The summed E-state index contributed by atoms with van der Waals surface area (Å²) in [7, 11) is 0. The Kier molecular flexibility index (Phi) is 2.25. The minimum Gasteiger partial charge on any atom is -0.344 e. The first-order valence-corrected chi connectivity index (χ1v) is 6.38. The maximum atomic E-state index is 4.72. The van der Waals surface area contributed by atoms with Crippen molar-refractivity contribution in [3.8, 4) is 0 Å². The van der Waals surface area contributed by atoms with Crippen LogP contribution in [0.1, 0.15) is 35.3 Å². The Bertz CT molecular complexity index is 305. The highest BCUT2D eigenvalue weighted by atomic mass is 32.2. The molecule has 2 aliphatic heterocycles. The summed E-state index contributed by atoms with van der Waals surface area (Å²) in [5.41, 5.74) is 2.62. The Morgan fingerprint density at radius 1 is 1.43 bits per heavy atom. The lowest BCUT2D eigenvalue weighted by Crippen LogP contribution is -2.23. The number of H-pyrrole nitrogens is 1. The third-order valence-electron chi connectivity index (χ3n) is 2.96. The summed E-state index contributed by atoms with van der Waals surface area (Å²) in [4.78, 5) is 8.20. The average Bonchev–Trinajstić information content (AvgIpc) is 2.86. The fourth-order valence-electron chi connectivity index (χ4n) is 2.19. The van der Waals surface area contributed by atoms with Gasteiger partial charge in [-0.15, -0.1) is 0 Å². The van der Waals surface area contributed by atoms with E-state index in [9.17, 15) is 0 Å². The summed E-state index contributed by atoms with van der Waals surface area (Å²) < 4.78 is 0. The van der Waals surface area contributed by atoms with Crippen molar-refractivity contribution in [3.05, 3.63) is 17.2 Å². The van der Waals surface area contributed by atoms with E-state index in [2.05, 4.69) is 10.3 Å². The van der Waals surface area contributed by atoms with E-state index in [-0.39, 0.29) is 0 Å². The molecule has 0 aromatic carbocycles. The third kappa shape index (κ3) is 1.46. The van der Waals surface area contributed by atoms with Crippen molar-refractivity contribution in [3.63, 3.8) is 0 Å². The zero-order valence-electron chi connectivity index (χ0n) is 8.18. The second-order valence-electron chi connectivity index (χ2n) is 3.98. The molecule has 0 amide bonds. The highest BCUT2D eigenvalue weighted by Gasteiger charge is 2.23. The second-order valence-corrected chi connectivity index (χ2v) is 5.29. The predicted octanol–water partition coefficient (Wildman–Crippen LogP) is 1.62. The molecule has 1 fully saturated rings. The average molecular weight is 209 g/mol. The van der Waals surface area contributed by atoms with Crippen molar-refractivity contribution in [2.75, 3.05) is 12.3 Å². The van der Waals surface area contributed by atoms with Crippen LogP contribution in [0.2, 0.25) is 0 Å². The largest absolute Gasteiger partial charge is 0.344 e. The summed E-state index contributed by atoms with van der Waals surface area (Å²) in [5.74, 6) is 2.52. The Hall–Kier alpha value is -0.480. The lowest BCUT2D eigenvalue weighted by atomic mass is 10.2. The molecule has 0 radical (unpaired) electrons. The number of hydrogen-bond donors (Lipinski definition) is 2. The van der Waals surface area contributed by atoms with E-state index in [0.29, 0.717) is 5.25 Å². The van der Waals surface area contributed by atoms with Gasteiger partial charge in [0.25, 0.3) is 0 Å². The van der Waals surface area contributed by atoms with Crippen LogP contribution in [-0.4, -0.2) is 22.3 Å². The maximum absolute atomic E-state index is 4.72. The van der Waals surface area contributed by atoms with E-state index in [4.69, 9.17) is 4.98 Å². The number of aromatic amines is 1. The van der Waals surface area contributed by atoms with Crippen LogP contribution in [0, 0.1) is 0 Å². The smallest absolute Gasteiger partial charge is 0.119 e. The van der Waals surface area contributed by atoms with Gasteiger partial charge in [-0.25, -0.2) is 4.98 Å². The molecule has 3 rings (SSSR count). The van der Waals surface area contributed by atoms with E-state index in [0.717, 1.165) is 19.5 Å². The van der Waals surface area contributed by atoms with Gasteiger partial charge in [0.05, 0.1) is 16.6 Å². The van der Waals surface area contributed by atoms with Crippen molar-refractivity contribution in [2.24, 2.45) is 0 Å². The lowest BCUT2D eigenvalue weighted by molar-refractivity contribution is 0.627. The molecule has 1 unspecified atom stereocenters. The third-order valence-corrected chi connectivity index (χ3v) is 4.34. The van der Waals surface area contributed by atoms with Gasteiger partial charge in [-0.3, -0.25) is 0 Å². The van der Waals surface area contributed by atoms with E-state index >= 15 is 0 Å². The molecule has 0 bridgehead atoms. The Labute approximate surface area is 88.1 Å². The number of thioether (sulfide) groups is 1. The first-order valence-electron chi connectivity index (χ1n) is 5.33. The summed E-state index contributed by atoms with van der Waals surface area (Å²) in [6, 6.07) is 0. The van der Waals surface area contributed by atoms with Gasteiger partial charge in [0, 0.05) is 19.5 Å². The molecular formula is C10H15N3S. The van der Waals surface area contributed by atoms with Gasteiger partial charge in [-0.2, -0.15) is 11.8 Å². The van der Waals surface area contributed by atoms with Crippen LogP contribution < -0.4 is 5.32 Å². The van der Waals surface area contributed by atoms with Gasteiger partial charge in [0.2, 0.25) is 0 Å². The summed E-state index contributed by atoms with van der Waals surface area (Å²) >= 11 is 2.04.